The van der Waals surface area contributed by atoms with Crippen LogP contribution in [-0.4, -0.2) is 21.5 Å². The van der Waals surface area contributed by atoms with Crippen LogP contribution in [0.3, 0.4) is 0 Å². The second kappa shape index (κ2) is 6.03. The normalized spacial score (nSPS) is 9.84. The number of hydrogen-bond acceptors (Lipinski definition) is 3. The average molecular weight is 260 g/mol. The predicted molar refractivity (Wildman–Crippen MR) is 67.9 cm³/mol. The fourth-order valence-corrected chi connectivity index (χ4v) is 1.54. The zero-order valence-electron chi connectivity index (χ0n) is 10.4. The van der Waals surface area contributed by atoms with Gasteiger partial charge in [0.2, 0.25) is 0 Å². The van der Waals surface area contributed by atoms with E-state index in [1.54, 1.807) is 24.1 Å². The molecule has 4 nitrogen and oxygen atoms in total. The van der Waals surface area contributed by atoms with Gasteiger partial charge in [-0.1, -0.05) is 11.8 Å². The van der Waals surface area contributed by atoms with Crippen molar-refractivity contribution in [3.63, 3.8) is 0 Å². The molecule has 5 heteroatoms. The Morgan fingerprint density at radius 3 is 3.00 bits per heavy atom. The fourth-order valence-electron chi connectivity index (χ4n) is 1.54. The minimum Gasteiger partial charge on any atom is -0.486 e. The van der Waals surface area contributed by atoms with Gasteiger partial charge in [-0.2, -0.15) is 5.10 Å². The van der Waals surface area contributed by atoms with Crippen molar-refractivity contribution in [3.8, 4) is 17.6 Å². The van der Waals surface area contributed by atoms with Crippen molar-refractivity contribution >= 4 is 0 Å². The first-order valence-corrected chi connectivity index (χ1v) is 5.68. The van der Waals surface area contributed by atoms with E-state index in [4.69, 9.17) is 9.84 Å². The first kappa shape index (κ1) is 13.1. The van der Waals surface area contributed by atoms with Gasteiger partial charge in [0.05, 0.1) is 6.20 Å². The maximum atomic E-state index is 13.6. The number of aromatic nitrogens is 2. The maximum absolute atomic E-state index is 13.6. The molecule has 0 aliphatic heterocycles. The van der Waals surface area contributed by atoms with E-state index in [1.165, 1.54) is 18.2 Å². The van der Waals surface area contributed by atoms with Crippen LogP contribution in [0.15, 0.2) is 30.6 Å². The summed E-state index contributed by atoms with van der Waals surface area (Å²) in [6.45, 7) is 0.00485. The third-order valence-corrected chi connectivity index (χ3v) is 2.40. The topological polar surface area (TPSA) is 47.3 Å². The van der Waals surface area contributed by atoms with Gasteiger partial charge in [-0.15, -0.1) is 0 Å². The van der Waals surface area contributed by atoms with Crippen LogP contribution in [-0.2, 0) is 13.7 Å². The second-order valence-corrected chi connectivity index (χ2v) is 3.92. The summed E-state index contributed by atoms with van der Waals surface area (Å²) < 4.78 is 20.6. The Hall–Kier alpha value is -2.32. The molecule has 0 atom stereocenters. The summed E-state index contributed by atoms with van der Waals surface area (Å²) >= 11 is 0. The van der Waals surface area contributed by atoms with E-state index in [-0.39, 0.29) is 19.0 Å². The zero-order valence-corrected chi connectivity index (χ0v) is 10.4. The van der Waals surface area contributed by atoms with Gasteiger partial charge in [-0.3, -0.25) is 4.68 Å². The summed E-state index contributed by atoms with van der Waals surface area (Å²) in [5.41, 5.74) is 1.45. The van der Waals surface area contributed by atoms with Gasteiger partial charge in [0.25, 0.3) is 0 Å². The Bertz CT molecular complexity index is 626. The van der Waals surface area contributed by atoms with Crippen molar-refractivity contribution < 1.29 is 14.2 Å². The lowest BCUT2D eigenvalue weighted by atomic mass is 10.2. The number of aliphatic hydroxyl groups excluding tert-OH is 1. The highest BCUT2D eigenvalue weighted by atomic mass is 19.1. The van der Waals surface area contributed by atoms with Crippen molar-refractivity contribution in [2.75, 3.05) is 6.61 Å². The van der Waals surface area contributed by atoms with Crippen LogP contribution in [0.25, 0.3) is 0 Å². The van der Waals surface area contributed by atoms with Crippen LogP contribution in [0.2, 0.25) is 0 Å². The molecule has 1 heterocycles. The van der Waals surface area contributed by atoms with Crippen LogP contribution in [0.1, 0.15) is 11.1 Å². The first-order chi connectivity index (χ1) is 9.19. The number of aryl methyl sites for hydroxylation is 1. The summed E-state index contributed by atoms with van der Waals surface area (Å²) in [7, 11) is 1.80. The van der Waals surface area contributed by atoms with Gasteiger partial charge in [0.1, 0.15) is 13.2 Å². The molecule has 0 saturated heterocycles. The van der Waals surface area contributed by atoms with Crippen molar-refractivity contribution in [3.05, 3.63) is 47.5 Å². The summed E-state index contributed by atoms with van der Waals surface area (Å²) in [6.07, 6.45) is 3.46. The van der Waals surface area contributed by atoms with E-state index >= 15 is 0 Å². The minimum atomic E-state index is -0.446. The number of aliphatic hydroxyl groups is 1. The fraction of sp³-hybridized carbons (Fsp3) is 0.214. The Labute approximate surface area is 110 Å². The van der Waals surface area contributed by atoms with Crippen LogP contribution in [0.5, 0.6) is 5.75 Å². The molecule has 2 rings (SSSR count). The molecule has 1 N–H and O–H groups in total. The highest BCUT2D eigenvalue weighted by Crippen LogP contribution is 2.19. The molecule has 19 heavy (non-hydrogen) atoms. The lowest BCUT2D eigenvalue weighted by Gasteiger charge is -2.06. The molecule has 0 unspecified atom stereocenters. The van der Waals surface area contributed by atoms with Gasteiger partial charge in [-0.05, 0) is 18.2 Å². The standard InChI is InChI=1S/C14H13FN2O2/c1-17-9-12(8-16-17)10-19-14-7-11(3-2-6-18)4-5-13(14)15/h4-5,7-9,18H,6,10H2,1H3. The van der Waals surface area contributed by atoms with E-state index < -0.39 is 5.82 Å². The van der Waals surface area contributed by atoms with Crippen molar-refractivity contribution in [1.29, 1.82) is 0 Å². The van der Waals surface area contributed by atoms with Crippen LogP contribution in [0, 0.1) is 17.7 Å². The van der Waals surface area contributed by atoms with Gasteiger partial charge in [0, 0.05) is 24.4 Å². The highest BCUT2D eigenvalue weighted by molar-refractivity contribution is 5.40. The van der Waals surface area contributed by atoms with Crippen LogP contribution in [0.4, 0.5) is 4.39 Å². The number of benzene rings is 1. The summed E-state index contributed by atoms with van der Waals surface area (Å²) in [4.78, 5) is 0. The molecule has 0 aliphatic carbocycles. The Balaban J connectivity index is 2.10. The largest absolute Gasteiger partial charge is 0.486 e. The Morgan fingerprint density at radius 1 is 1.47 bits per heavy atom. The third kappa shape index (κ3) is 3.57. The molecule has 0 bridgehead atoms. The number of ether oxygens (including phenoxy) is 1. The van der Waals surface area contributed by atoms with Crippen molar-refractivity contribution in [2.45, 2.75) is 6.61 Å². The van der Waals surface area contributed by atoms with E-state index in [1.807, 2.05) is 0 Å². The molecule has 0 spiro atoms. The summed E-state index contributed by atoms with van der Waals surface area (Å²) in [5, 5.41) is 12.6. The molecule has 2 aromatic rings. The van der Waals surface area contributed by atoms with Gasteiger partial charge < -0.3 is 9.84 Å². The molecule has 1 aromatic heterocycles. The number of halogens is 1. The van der Waals surface area contributed by atoms with Crippen molar-refractivity contribution in [2.24, 2.45) is 7.05 Å². The molecule has 0 radical (unpaired) electrons. The molecule has 0 aliphatic rings. The smallest absolute Gasteiger partial charge is 0.165 e. The predicted octanol–water partition coefficient (Wildman–Crippen LogP) is 1.48. The van der Waals surface area contributed by atoms with Gasteiger partial charge in [-0.25, -0.2) is 4.39 Å². The molecule has 0 fully saturated rings. The molecule has 98 valence electrons. The van der Waals surface area contributed by atoms with E-state index in [2.05, 4.69) is 16.9 Å². The number of hydrogen-bond donors (Lipinski definition) is 1. The Morgan fingerprint density at radius 2 is 2.32 bits per heavy atom. The van der Waals surface area contributed by atoms with Gasteiger partial charge >= 0.3 is 0 Å². The Kier molecular flexibility index (Phi) is 4.16. The average Bonchev–Trinajstić information content (AvgIpc) is 2.82. The van der Waals surface area contributed by atoms with Gasteiger partial charge in [0.15, 0.2) is 11.6 Å². The minimum absolute atomic E-state index is 0.133. The molecular formula is C14H13FN2O2. The molecule has 0 saturated carbocycles. The van der Waals surface area contributed by atoms with Crippen LogP contribution >= 0.6 is 0 Å². The quantitative estimate of drug-likeness (QED) is 0.850. The van der Waals surface area contributed by atoms with Crippen molar-refractivity contribution in [1.82, 2.24) is 9.78 Å². The number of nitrogens with zero attached hydrogens (tertiary/aromatic N) is 2. The third-order valence-electron chi connectivity index (χ3n) is 2.40. The first-order valence-electron chi connectivity index (χ1n) is 5.68. The monoisotopic (exact) mass is 260 g/mol. The molecule has 0 amide bonds. The van der Waals surface area contributed by atoms with E-state index in [0.29, 0.717) is 5.56 Å². The zero-order chi connectivity index (χ0) is 13.7. The molecular weight excluding hydrogens is 247 g/mol. The SMILES string of the molecule is Cn1cc(COc2cc(C#CCO)ccc2F)cn1. The molecule has 1 aromatic carbocycles. The van der Waals surface area contributed by atoms with Crippen LogP contribution < -0.4 is 4.74 Å². The van der Waals surface area contributed by atoms with E-state index in [9.17, 15) is 4.39 Å². The summed E-state index contributed by atoms with van der Waals surface area (Å²) in [6, 6.07) is 4.34. The highest BCUT2D eigenvalue weighted by Gasteiger charge is 2.05. The maximum Gasteiger partial charge on any atom is 0.165 e. The lowest BCUT2D eigenvalue weighted by Crippen LogP contribution is -1.97. The second-order valence-electron chi connectivity index (χ2n) is 3.92. The number of rotatable bonds is 3. The van der Waals surface area contributed by atoms with E-state index in [0.717, 1.165) is 5.56 Å². The lowest BCUT2D eigenvalue weighted by molar-refractivity contribution is 0.290. The summed E-state index contributed by atoms with van der Waals surface area (Å²) in [5.74, 6) is 4.89.